The van der Waals surface area contributed by atoms with Gasteiger partial charge in [0.15, 0.2) is 9.84 Å². The van der Waals surface area contributed by atoms with Crippen LogP contribution < -0.4 is 0 Å². The van der Waals surface area contributed by atoms with Crippen LogP contribution in [0.2, 0.25) is 5.02 Å². The first-order chi connectivity index (χ1) is 18.6. The van der Waals surface area contributed by atoms with Crippen molar-refractivity contribution in [2.75, 3.05) is 52.6 Å². The maximum Gasteiger partial charge on any atom is 0.176 e. The summed E-state index contributed by atoms with van der Waals surface area (Å²) in [7, 11) is -1.58. The van der Waals surface area contributed by atoms with Gasteiger partial charge < -0.3 is 4.90 Å². The molecule has 2 heterocycles. The molecular formula is C30H32ClF2N3O2S. The van der Waals surface area contributed by atoms with Crippen LogP contribution in [0.4, 0.5) is 8.78 Å². The quantitative estimate of drug-likeness (QED) is 0.389. The maximum atomic E-state index is 14.0. The van der Waals surface area contributed by atoms with Gasteiger partial charge in [-0.05, 0) is 59.1 Å². The molecule has 0 radical (unpaired) electrons. The van der Waals surface area contributed by atoms with E-state index in [0.717, 1.165) is 68.3 Å². The number of hydrogen-bond donors (Lipinski definition) is 0. The largest absolute Gasteiger partial charge is 0.304 e. The fourth-order valence-corrected chi connectivity index (χ4v) is 6.79. The fraction of sp³-hybridized carbons (Fsp3) is 0.333. The number of nitrogens with zero attached hydrogens (tertiary/aromatic N) is 3. The van der Waals surface area contributed by atoms with E-state index >= 15 is 0 Å². The number of rotatable bonds is 7. The van der Waals surface area contributed by atoms with Crippen LogP contribution in [0.25, 0.3) is 4.91 Å². The zero-order valence-corrected chi connectivity index (χ0v) is 23.7. The van der Waals surface area contributed by atoms with Crippen molar-refractivity contribution in [2.24, 2.45) is 0 Å². The number of likely N-dealkylation sites (N-methyl/N-ethyl adjacent to an activating group) is 1. The Balaban J connectivity index is 1.42. The topological polar surface area (TPSA) is 43.9 Å². The normalized spacial score (nSPS) is 18.1. The second-order valence-electron chi connectivity index (χ2n) is 10.5. The molecule has 0 aromatic heterocycles. The lowest BCUT2D eigenvalue weighted by Gasteiger charge is -2.42. The van der Waals surface area contributed by atoms with Crippen molar-refractivity contribution in [1.29, 1.82) is 0 Å². The molecule has 0 aliphatic carbocycles. The van der Waals surface area contributed by atoms with Crippen LogP contribution in [0, 0.1) is 11.6 Å². The minimum Gasteiger partial charge on any atom is -0.304 e. The van der Waals surface area contributed by atoms with E-state index in [1.807, 2.05) is 24.3 Å². The van der Waals surface area contributed by atoms with E-state index in [1.165, 1.54) is 5.56 Å². The van der Waals surface area contributed by atoms with E-state index in [4.69, 9.17) is 11.6 Å². The Morgan fingerprint density at radius 3 is 1.95 bits per heavy atom. The summed E-state index contributed by atoms with van der Waals surface area (Å²) in [6.07, 6.45) is 1.08. The van der Waals surface area contributed by atoms with Crippen LogP contribution in [-0.4, -0.2) is 75.7 Å². The molecule has 3 aromatic rings. The fourth-order valence-electron chi connectivity index (χ4n) is 5.46. The molecule has 0 bridgehead atoms. The number of sulfone groups is 1. The molecule has 0 saturated carbocycles. The first-order valence-corrected chi connectivity index (χ1v) is 15.2. The Morgan fingerprint density at radius 2 is 1.41 bits per heavy atom. The van der Waals surface area contributed by atoms with Gasteiger partial charge in [-0.2, -0.15) is 0 Å². The summed E-state index contributed by atoms with van der Waals surface area (Å²) in [5.41, 5.74) is 4.03. The summed E-state index contributed by atoms with van der Waals surface area (Å²) < 4.78 is 53.4. The molecule has 0 amide bonds. The van der Waals surface area contributed by atoms with Gasteiger partial charge in [-0.1, -0.05) is 48.0 Å². The zero-order valence-electron chi connectivity index (χ0n) is 22.1. The van der Waals surface area contributed by atoms with Gasteiger partial charge in [0.25, 0.3) is 0 Å². The van der Waals surface area contributed by atoms with Crippen LogP contribution in [0.15, 0.2) is 72.3 Å². The Kier molecular flexibility index (Phi) is 8.21. The highest BCUT2D eigenvalue weighted by atomic mass is 35.5. The number of piperazine rings is 1. The smallest absolute Gasteiger partial charge is 0.176 e. The van der Waals surface area contributed by atoms with Crippen LogP contribution in [0.1, 0.15) is 28.3 Å². The first kappa shape index (κ1) is 27.9. The van der Waals surface area contributed by atoms with Crippen molar-refractivity contribution in [3.05, 3.63) is 111 Å². The van der Waals surface area contributed by atoms with Gasteiger partial charge in [-0.15, -0.1) is 0 Å². The van der Waals surface area contributed by atoms with Crippen molar-refractivity contribution in [2.45, 2.75) is 12.6 Å². The Labute approximate surface area is 234 Å². The van der Waals surface area contributed by atoms with E-state index in [0.29, 0.717) is 23.7 Å². The van der Waals surface area contributed by atoms with Gasteiger partial charge in [0.2, 0.25) is 0 Å². The van der Waals surface area contributed by atoms with Crippen LogP contribution in [0.5, 0.6) is 0 Å². The Hall–Kier alpha value is -2.62. The lowest BCUT2D eigenvalue weighted by molar-refractivity contribution is 0.148. The van der Waals surface area contributed by atoms with Crippen molar-refractivity contribution in [3.63, 3.8) is 0 Å². The van der Waals surface area contributed by atoms with Gasteiger partial charge in [0.1, 0.15) is 11.6 Å². The molecule has 5 nitrogen and oxygen atoms in total. The summed E-state index contributed by atoms with van der Waals surface area (Å²) in [6.45, 7) is 5.85. The third-order valence-electron chi connectivity index (χ3n) is 7.45. The van der Waals surface area contributed by atoms with Crippen LogP contribution in [-0.2, 0) is 16.4 Å². The van der Waals surface area contributed by atoms with Crippen LogP contribution in [0.3, 0.4) is 0 Å². The average molecular weight is 572 g/mol. The van der Waals surface area contributed by atoms with Crippen molar-refractivity contribution >= 4 is 26.3 Å². The average Bonchev–Trinajstić information content (AvgIpc) is 2.84. The van der Waals surface area contributed by atoms with Crippen molar-refractivity contribution < 1.29 is 17.2 Å². The summed E-state index contributed by atoms with van der Waals surface area (Å²) in [5.74, 6) is -1.61. The molecule has 5 rings (SSSR count). The third kappa shape index (κ3) is 6.58. The van der Waals surface area contributed by atoms with E-state index in [1.54, 1.807) is 0 Å². The highest BCUT2D eigenvalue weighted by Gasteiger charge is 2.35. The molecular weight excluding hydrogens is 540 g/mol. The number of likely N-dealkylation sites (tertiary alicyclic amines) is 1. The maximum absolute atomic E-state index is 14.0. The standard InChI is InChI=1S/C30H32ClF2N3O2S/c1-34-11-13-35(14-12-34)18-21-3-5-22(6-4-21)29(23-7-9-26(31)10-8-23)36-19-25(20-36)30(39(2,37)38)24-15-27(32)17-28(33)16-24/h3-10,15-17,29H,11-14,18-20H2,1-2H3/t29-/m0/s1. The second-order valence-corrected chi connectivity index (χ2v) is 12.9. The predicted octanol–water partition coefficient (Wildman–Crippen LogP) is 5.23. The summed E-state index contributed by atoms with van der Waals surface area (Å²) >= 11 is 6.16. The minimum atomic E-state index is -3.72. The van der Waals surface area contributed by atoms with E-state index in [9.17, 15) is 17.2 Å². The molecule has 2 fully saturated rings. The molecule has 2 aliphatic rings. The molecule has 2 saturated heterocycles. The highest BCUT2D eigenvalue weighted by molar-refractivity contribution is 8.00. The lowest BCUT2D eigenvalue weighted by atomic mass is 9.91. The van der Waals surface area contributed by atoms with E-state index < -0.39 is 21.5 Å². The summed E-state index contributed by atoms with van der Waals surface area (Å²) in [6, 6.07) is 19.0. The SMILES string of the molecule is CN1CCN(Cc2ccc([C@@H](c3ccc(Cl)cc3)N3CC(=C(c4cc(F)cc(F)c4)S(C)(=O)=O)C3)cc2)CC1. The molecule has 0 spiro atoms. The molecule has 206 valence electrons. The number of hydrogen-bond acceptors (Lipinski definition) is 5. The lowest BCUT2D eigenvalue weighted by Crippen LogP contribution is -2.44. The summed E-state index contributed by atoms with van der Waals surface area (Å²) in [4.78, 5) is 6.95. The Morgan fingerprint density at radius 1 is 0.872 bits per heavy atom. The predicted molar refractivity (Wildman–Crippen MR) is 152 cm³/mol. The molecule has 1 atom stereocenters. The molecule has 39 heavy (non-hydrogen) atoms. The zero-order chi connectivity index (χ0) is 27.7. The van der Waals surface area contributed by atoms with Crippen molar-refractivity contribution in [3.8, 4) is 0 Å². The second kappa shape index (κ2) is 11.5. The van der Waals surface area contributed by atoms with Gasteiger partial charge >= 0.3 is 0 Å². The molecule has 3 aromatic carbocycles. The molecule has 2 aliphatic heterocycles. The van der Waals surface area contributed by atoms with Gasteiger partial charge in [0.05, 0.1) is 10.9 Å². The van der Waals surface area contributed by atoms with Gasteiger partial charge in [-0.25, -0.2) is 17.2 Å². The van der Waals surface area contributed by atoms with E-state index in [-0.39, 0.29) is 16.5 Å². The third-order valence-corrected chi connectivity index (χ3v) is 8.97. The molecule has 0 unspecified atom stereocenters. The Bertz CT molecular complexity index is 1440. The molecule has 9 heteroatoms. The number of benzene rings is 3. The number of halogens is 3. The van der Waals surface area contributed by atoms with Crippen molar-refractivity contribution in [1.82, 2.24) is 14.7 Å². The monoisotopic (exact) mass is 571 g/mol. The molecule has 0 N–H and O–H groups in total. The highest BCUT2D eigenvalue weighted by Crippen LogP contribution is 2.39. The van der Waals surface area contributed by atoms with Gasteiger partial charge in [0, 0.05) is 63.2 Å². The first-order valence-electron chi connectivity index (χ1n) is 12.9. The minimum absolute atomic E-state index is 0.00506. The summed E-state index contributed by atoms with van der Waals surface area (Å²) in [5, 5.41) is 0.636. The van der Waals surface area contributed by atoms with Gasteiger partial charge in [-0.3, -0.25) is 9.80 Å². The van der Waals surface area contributed by atoms with E-state index in [2.05, 4.69) is 46.0 Å². The van der Waals surface area contributed by atoms with Crippen LogP contribution >= 0.6 is 11.6 Å².